The molecule has 1 saturated carbocycles. The fourth-order valence-electron chi connectivity index (χ4n) is 1.31. The topological polar surface area (TPSA) is 26.0 Å². The van der Waals surface area contributed by atoms with Gasteiger partial charge in [0.05, 0.1) is 0 Å². The highest BCUT2D eigenvalue weighted by molar-refractivity contribution is 4.59. The Morgan fingerprint density at radius 2 is 0.933 bits per heavy atom. The molecule has 0 unspecified atom stereocenters. The number of nitrogens with two attached hydrogens (primary N) is 1. The predicted octanol–water partition coefficient (Wildman–Crippen LogP) is 5.24. The van der Waals surface area contributed by atoms with Crippen LogP contribution in [0.3, 0.4) is 0 Å². The van der Waals surface area contributed by atoms with E-state index in [2.05, 4.69) is 12.7 Å². The van der Waals surface area contributed by atoms with Crippen molar-refractivity contribution in [2.75, 3.05) is 7.05 Å². The number of rotatable bonds is 0. The van der Waals surface area contributed by atoms with Crippen LogP contribution in [0.4, 0.5) is 0 Å². The van der Waals surface area contributed by atoms with Crippen LogP contribution in [0.2, 0.25) is 0 Å². The van der Waals surface area contributed by atoms with E-state index in [0.717, 1.165) is 5.92 Å². The smallest absolute Gasteiger partial charge is 0.0195 e. The Morgan fingerprint density at radius 3 is 1.07 bits per heavy atom. The van der Waals surface area contributed by atoms with Crippen molar-refractivity contribution >= 4 is 0 Å². The van der Waals surface area contributed by atoms with E-state index in [-0.39, 0.29) is 0 Å². The van der Waals surface area contributed by atoms with Crippen molar-refractivity contribution in [3.8, 4) is 0 Å². The molecule has 0 aromatic carbocycles. The minimum atomic E-state index is 1.04. The average Bonchev–Trinajstić information content (AvgIpc) is 2.40. The molecule has 0 atom stereocenters. The summed E-state index contributed by atoms with van der Waals surface area (Å²) in [5, 5.41) is 0. The van der Waals surface area contributed by atoms with Crippen LogP contribution in [-0.2, 0) is 0 Å². The Balaban J connectivity index is -0.0000000650. The highest BCUT2D eigenvalue weighted by Gasteiger charge is 2.05. The SMILES string of the molecule is CC.CC.CC.CC1CCCCC1.CN. The van der Waals surface area contributed by atoms with Crippen molar-refractivity contribution in [1.29, 1.82) is 0 Å². The van der Waals surface area contributed by atoms with Crippen LogP contribution >= 0.6 is 0 Å². The van der Waals surface area contributed by atoms with Gasteiger partial charge in [0, 0.05) is 0 Å². The van der Waals surface area contributed by atoms with Crippen molar-refractivity contribution in [2.24, 2.45) is 11.7 Å². The average molecular weight is 219 g/mol. The van der Waals surface area contributed by atoms with Gasteiger partial charge in [-0.2, -0.15) is 0 Å². The highest BCUT2D eigenvalue weighted by Crippen LogP contribution is 2.21. The summed E-state index contributed by atoms with van der Waals surface area (Å²) in [5.41, 5.74) is 4.50. The first-order valence-electron chi connectivity index (χ1n) is 6.97. The first kappa shape index (κ1) is 24.3. The fraction of sp³-hybridized carbons (Fsp3) is 1.00. The van der Waals surface area contributed by atoms with Crippen LogP contribution in [0.25, 0.3) is 0 Å². The van der Waals surface area contributed by atoms with Crippen molar-refractivity contribution in [1.82, 2.24) is 0 Å². The predicted molar refractivity (Wildman–Crippen MR) is 76.4 cm³/mol. The molecule has 0 saturated heterocycles. The lowest BCUT2D eigenvalue weighted by Gasteiger charge is -2.15. The van der Waals surface area contributed by atoms with Crippen molar-refractivity contribution < 1.29 is 0 Å². The first-order valence-corrected chi connectivity index (χ1v) is 6.97. The zero-order chi connectivity index (χ0) is 13.1. The summed E-state index contributed by atoms with van der Waals surface area (Å²) in [6, 6.07) is 0. The van der Waals surface area contributed by atoms with Gasteiger partial charge in [-0.05, 0) is 13.0 Å². The minimum absolute atomic E-state index is 1.04. The lowest BCUT2D eigenvalue weighted by Crippen LogP contribution is -1.99. The Kier molecular flexibility index (Phi) is 59.9. The van der Waals surface area contributed by atoms with Gasteiger partial charge in [-0.15, -0.1) is 0 Å². The molecule has 0 aromatic rings. The normalized spacial score (nSPS) is 13.4. The molecule has 0 aliphatic heterocycles. The molecule has 1 fully saturated rings. The van der Waals surface area contributed by atoms with Gasteiger partial charge in [-0.1, -0.05) is 80.6 Å². The van der Waals surface area contributed by atoms with E-state index < -0.39 is 0 Å². The van der Waals surface area contributed by atoms with E-state index in [1.807, 2.05) is 41.5 Å². The molecule has 1 heteroatoms. The molecule has 0 radical (unpaired) electrons. The largest absolute Gasteiger partial charge is 0.333 e. The van der Waals surface area contributed by atoms with Gasteiger partial charge in [0.1, 0.15) is 0 Å². The summed E-state index contributed by atoms with van der Waals surface area (Å²) in [6.45, 7) is 14.4. The molecule has 2 N–H and O–H groups in total. The van der Waals surface area contributed by atoms with E-state index in [4.69, 9.17) is 0 Å². The molecular formula is C14H37N. The second kappa shape index (κ2) is 37.0. The van der Waals surface area contributed by atoms with Gasteiger partial charge in [0.25, 0.3) is 0 Å². The van der Waals surface area contributed by atoms with Crippen molar-refractivity contribution in [3.05, 3.63) is 0 Å². The van der Waals surface area contributed by atoms with Gasteiger partial charge in [0.2, 0.25) is 0 Å². The van der Waals surface area contributed by atoms with Crippen LogP contribution < -0.4 is 5.73 Å². The summed E-state index contributed by atoms with van der Waals surface area (Å²) < 4.78 is 0. The monoisotopic (exact) mass is 219 g/mol. The minimum Gasteiger partial charge on any atom is -0.333 e. The molecular weight excluding hydrogens is 182 g/mol. The van der Waals surface area contributed by atoms with Crippen LogP contribution in [-0.4, -0.2) is 7.05 Å². The molecule has 1 aliphatic rings. The fourth-order valence-corrected chi connectivity index (χ4v) is 1.31. The van der Waals surface area contributed by atoms with Gasteiger partial charge >= 0.3 is 0 Å². The zero-order valence-corrected chi connectivity index (χ0v) is 12.7. The molecule has 0 bridgehead atoms. The second-order valence-corrected chi connectivity index (χ2v) is 2.74. The van der Waals surface area contributed by atoms with Gasteiger partial charge in [-0.25, -0.2) is 0 Å². The number of hydrogen-bond donors (Lipinski definition) is 1. The van der Waals surface area contributed by atoms with E-state index >= 15 is 0 Å². The van der Waals surface area contributed by atoms with Crippen LogP contribution in [0.1, 0.15) is 80.6 Å². The van der Waals surface area contributed by atoms with Gasteiger partial charge in [0.15, 0.2) is 0 Å². The molecule has 15 heavy (non-hydrogen) atoms. The van der Waals surface area contributed by atoms with E-state index in [1.165, 1.54) is 39.2 Å². The summed E-state index contributed by atoms with van der Waals surface area (Å²) in [5.74, 6) is 1.04. The standard InChI is InChI=1S/C7H14.3C2H6.CH5N/c1-7-5-3-2-4-6-7;4*1-2/h7H,2-6H2,1H3;3*1-2H3;2H2,1H3. The molecule has 0 aromatic heterocycles. The maximum atomic E-state index is 4.50. The van der Waals surface area contributed by atoms with Gasteiger partial charge in [-0.3, -0.25) is 0 Å². The maximum absolute atomic E-state index is 4.50. The lowest BCUT2D eigenvalue weighted by molar-refractivity contribution is 0.385. The second-order valence-electron chi connectivity index (χ2n) is 2.74. The van der Waals surface area contributed by atoms with Crippen LogP contribution in [0.15, 0.2) is 0 Å². The molecule has 98 valence electrons. The Hall–Kier alpha value is -0.0400. The third kappa shape index (κ3) is 31.5. The molecule has 0 amide bonds. The lowest BCUT2D eigenvalue weighted by atomic mass is 9.91. The van der Waals surface area contributed by atoms with Crippen LogP contribution in [0.5, 0.6) is 0 Å². The summed E-state index contributed by atoms with van der Waals surface area (Å²) >= 11 is 0. The van der Waals surface area contributed by atoms with E-state index in [0.29, 0.717) is 0 Å². The summed E-state index contributed by atoms with van der Waals surface area (Å²) in [7, 11) is 1.50. The molecule has 1 rings (SSSR count). The molecule has 0 heterocycles. The summed E-state index contributed by atoms with van der Waals surface area (Å²) in [6.07, 6.45) is 7.44. The number of hydrogen-bond acceptors (Lipinski definition) is 1. The van der Waals surface area contributed by atoms with Crippen molar-refractivity contribution in [2.45, 2.75) is 80.6 Å². The molecule has 1 nitrogen and oxygen atoms in total. The Labute approximate surface area is 99.8 Å². The van der Waals surface area contributed by atoms with E-state index in [1.54, 1.807) is 0 Å². The quantitative estimate of drug-likeness (QED) is 0.592. The summed E-state index contributed by atoms with van der Waals surface area (Å²) in [4.78, 5) is 0. The van der Waals surface area contributed by atoms with Gasteiger partial charge < -0.3 is 5.73 Å². The molecule has 1 aliphatic carbocycles. The maximum Gasteiger partial charge on any atom is -0.0195 e. The third-order valence-corrected chi connectivity index (χ3v) is 1.89. The zero-order valence-electron chi connectivity index (χ0n) is 12.7. The highest BCUT2D eigenvalue weighted by atomic mass is 14.4. The first-order chi connectivity index (χ1) is 7.39. The third-order valence-electron chi connectivity index (χ3n) is 1.89. The van der Waals surface area contributed by atoms with E-state index in [9.17, 15) is 0 Å². The Morgan fingerprint density at radius 1 is 0.667 bits per heavy atom. The molecule has 0 spiro atoms. The Bertz CT molecular complexity index is 47.3. The van der Waals surface area contributed by atoms with Crippen LogP contribution in [0, 0.1) is 5.92 Å². The van der Waals surface area contributed by atoms with Crippen molar-refractivity contribution in [3.63, 3.8) is 0 Å².